The maximum Gasteiger partial charge on any atom is 0.122 e. The quantitative estimate of drug-likeness (QED) is 0.734. The van der Waals surface area contributed by atoms with Gasteiger partial charge in [-0.05, 0) is 24.0 Å². The Hall–Kier alpha value is -0.500. The van der Waals surface area contributed by atoms with Crippen LogP contribution in [-0.2, 0) is 6.42 Å². The largest absolute Gasteiger partial charge is 0.496 e. The van der Waals surface area contributed by atoms with E-state index in [-0.39, 0.29) is 0 Å². The molecule has 1 nitrogen and oxygen atoms in total. The zero-order chi connectivity index (χ0) is 11.3. The fourth-order valence-electron chi connectivity index (χ4n) is 1.79. The maximum absolute atomic E-state index is 5.36. The molecule has 0 N–H and O–H groups in total. The van der Waals surface area contributed by atoms with Crippen molar-refractivity contribution in [1.29, 1.82) is 0 Å². The highest BCUT2D eigenvalue weighted by Crippen LogP contribution is 2.26. The SMILES string of the molecule is CCC(Cc1ccccc1OC)C(C)Br. The van der Waals surface area contributed by atoms with Crippen LogP contribution in [0, 0.1) is 5.92 Å². The standard InChI is InChI=1S/C13H19BrO/c1-4-11(10(2)14)9-12-7-5-6-8-13(12)15-3/h5-8,10-11H,4,9H2,1-3H3. The predicted molar refractivity (Wildman–Crippen MR) is 68.9 cm³/mol. The second-order valence-corrected chi connectivity index (χ2v) is 5.31. The highest BCUT2D eigenvalue weighted by Gasteiger charge is 2.15. The van der Waals surface area contributed by atoms with Crippen LogP contribution in [0.4, 0.5) is 0 Å². The van der Waals surface area contributed by atoms with E-state index in [0.717, 1.165) is 12.2 Å². The minimum atomic E-state index is 0.549. The molecule has 2 heteroatoms. The highest BCUT2D eigenvalue weighted by molar-refractivity contribution is 9.09. The molecule has 2 atom stereocenters. The average Bonchev–Trinajstić information content (AvgIpc) is 2.25. The Morgan fingerprint density at radius 1 is 1.33 bits per heavy atom. The molecule has 0 amide bonds. The minimum absolute atomic E-state index is 0.549. The van der Waals surface area contributed by atoms with E-state index in [0.29, 0.717) is 10.7 Å². The van der Waals surface area contributed by atoms with Gasteiger partial charge in [-0.15, -0.1) is 0 Å². The summed E-state index contributed by atoms with van der Waals surface area (Å²) in [6, 6.07) is 8.27. The van der Waals surface area contributed by atoms with Crippen molar-refractivity contribution in [3.05, 3.63) is 29.8 Å². The number of hydrogen-bond donors (Lipinski definition) is 0. The molecule has 0 fully saturated rings. The van der Waals surface area contributed by atoms with Crippen LogP contribution in [0.25, 0.3) is 0 Å². The molecule has 0 spiro atoms. The van der Waals surface area contributed by atoms with Gasteiger partial charge in [0.25, 0.3) is 0 Å². The number of halogens is 1. The lowest BCUT2D eigenvalue weighted by molar-refractivity contribution is 0.402. The number of methoxy groups -OCH3 is 1. The van der Waals surface area contributed by atoms with E-state index in [1.807, 2.05) is 12.1 Å². The molecule has 0 aliphatic heterocycles. The first-order chi connectivity index (χ1) is 7.19. The van der Waals surface area contributed by atoms with Crippen LogP contribution in [0.15, 0.2) is 24.3 Å². The molecule has 1 rings (SSSR count). The molecule has 0 saturated carbocycles. The molecule has 0 bridgehead atoms. The number of para-hydroxylation sites is 1. The van der Waals surface area contributed by atoms with E-state index in [4.69, 9.17) is 4.74 Å². The molecular formula is C13H19BrO. The molecule has 0 aromatic heterocycles. The summed E-state index contributed by atoms with van der Waals surface area (Å²) in [7, 11) is 1.73. The Kier molecular flexibility index (Phi) is 5.16. The van der Waals surface area contributed by atoms with Crippen molar-refractivity contribution >= 4 is 15.9 Å². The average molecular weight is 271 g/mol. The first kappa shape index (κ1) is 12.6. The summed E-state index contributed by atoms with van der Waals surface area (Å²) in [5.41, 5.74) is 1.30. The fourth-order valence-corrected chi connectivity index (χ4v) is 2.35. The van der Waals surface area contributed by atoms with Gasteiger partial charge in [0.15, 0.2) is 0 Å². The van der Waals surface area contributed by atoms with Gasteiger partial charge in [0.05, 0.1) is 7.11 Å². The minimum Gasteiger partial charge on any atom is -0.496 e. The van der Waals surface area contributed by atoms with Gasteiger partial charge in [-0.25, -0.2) is 0 Å². The van der Waals surface area contributed by atoms with Crippen LogP contribution in [0.1, 0.15) is 25.8 Å². The number of benzene rings is 1. The van der Waals surface area contributed by atoms with E-state index >= 15 is 0 Å². The van der Waals surface area contributed by atoms with Gasteiger partial charge in [-0.3, -0.25) is 0 Å². The summed E-state index contributed by atoms with van der Waals surface area (Å²) >= 11 is 3.66. The molecule has 84 valence electrons. The maximum atomic E-state index is 5.36. The van der Waals surface area contributed by atoms with E-state index in [9.17, 15) is 0 Å². The van der Waals surface area contributed by atoms with E-state index in [1.165, 1.54) is 12.0 Å². The Morgan fingerprint density at radius 2 is 2.00 bits per heavy atom. The Labute approximate surface area is 101 Å². The van der Waals surface area contributed by atoms with Crippen LogP contribution in [0.3, 0.4) is 0 Å². The van der Waals surface area contributed by atoms with E-state index < -0.39 is 0 Å². The lowest BCUT2D eigenvalue weighted by atomic mass is 9.94. The first-order valence-electron chi connectivity index (χ1n) is 5.45. The summed E-state index contributed by atoms with van der Waals surface area (Å²) in [5, 5.41) is 0. The van der Waals surface area contributed by atoms with Gasteiger partial charge in [0.2, 0.25) is 0 Å². The van der Waals surface area contributed by atoms with E-state index in [2.05, 4.69) is 41.9 Å². The fraction of sp³-hybridized carbons (Fsp3) is 0.538. The molecular weight excluding hydrogens is 252 g/mol. The summed E-state index contributed by atoms with van der Waals surface area (Å²) < 4.78 is 5.36. The monoisotopic (exact) mass is 270 g/mol. The van der Waals surface area contributed by atoms with Crippen molar-refractivity contribution in [3.63, 3.8) is 0 Å². The predicted octanol–water partition coefficient (Wildman–Crippen LogP) is 4.05. The zero-order valence-corrected chi connectivity index (χ0v) is 11.3. The van der Waals surface area contributed by atoms with Gasteiger partial charge in [0.1, 0.15) is 5.75 Å². The molecule has 1 aromatic rings. The van der Waals surface area contributed by atoms with Gasteiger partial charge < -0.3 is 4.74 Å². The van der Waals surface area contributed by atoms with Crippen molar-refractivity contribution in [2.45, 2.75) is 31.5 Å². The highest BCUT2D eigenvalue weighted by atomic mass is 79.9. The second-order valence-electron chi connectivity index (χ2n) is 3.86. The van der Waals surface area contributed by atoms with Crippen LogP contribution >= 0.6 is 15.9 Å². The van der Waals surface area contributed by atoms with Gasteiger partial charge in [0, 0.05) is 4.83 Å². The normalized spacial score (nSPS) is 14.7. The van der Waals surface area contributed by atoms with Crippen molar-refractivity contribution in [3.8, 4) is 5.75 Å². The van der Waals surface area contributed by atoms with Gasteiger partial charge in [-0.1, -0.05) is 54.4 Å². The third kappa shape index (κ3) is 3.53. The number of hydrogen-bond acceptors (Lipinski definition) is 1. The third-order valence-corrected chi connectivity index (χ3v) is 3.60. The molecule has 2 unspecified atom stereocenters. The lowest BCUT2D eigenvalue weighted by Crippen LogP contribution is -2.13. The molecule has 0 aliphatic rings. The molecule has 0 aliphatic carbocycles. The first-order valence-corrected chi connectivity index (χ1v) is 6.36. The Bertz CT molecular complexity index is 296. The van der Waals surface area contributed by atoms with Crippen molar-refractivity contribution in [2.24, 2.45) is 5.92 Å². The van der Waals surface area contributed by atoms with Crippen LogP contribution in [0.2, 0.25) is 0 Å². The molecule has 0 saturated heterocycles. The van der Waals surface area contributed by atoms with Crippen LogP contribution in [-0.4, -0.2) is 11.9 Å². The van der Waals surface area contributed by atoms with Crippen molar-refractivity contribution in [2.75, 3.05) is 7.11 Å². The molecule has 0 radical (unpaired) electrons. The van der Waals surface area contributed by atoms with Gasteiger partial charge in [-0.2, -0.15) is 0 Å². The summed E-state index contributed by atoms with van der Waals surface area (Å²) in [6.07, 6.45) is 2.26. The summed E-state index contributed by atoms with van der Waals surface area (Å²) in [4.78, 5) is 0.549. The summed E-state index contributed by atoms with van der Waals surface area (Å²) in [5.74, 6) is 1.67. The zero-order valence-electron chi connectivity index (χ0n) is 9.66. The lowest BCUT2D eigenvalue weighted by Gasteiger charge is -2.19. The topological polar surface area (TPSA) is 9.23 Å². The summed E-state index contributed by atoms with van der Waals surface area (Å²) in [6.45, 7) is 4.45. The van der Waals surface area contributed by atoms with Crippen LogP contribution in [0.5, 0.6) is 5.75 Å². The molecule has 0 heterocycles. The smallest absolute Gasteiger partial charge is 0.122 e. The Morgan fingerprint density at radius 3 is 2.53 bits per heavy atom. The van der Waals surface area contributed by atoms with Crippen molar-refractivity contribution < 1.29 is 4.74 Å². The number of rotatable bonds is 5. The van der Waals surface area contributed by atoms with E-state index in [1.54, 1.807) is 7.11 Å². The Balaban J connectivity index is 2.78. The second kappa shape index (κ2) is 6.16. The molecule has 15 heavy (non-hydrogen) atoms. The van der Waals surface area contributed by atoms with Crippen LogP contribution < -0.4 is 4.74 Å². The van der Waals surface area contributed by atoms with Gasteiger partial charge >= 0.3 is 0 Å². The third-order valence-electron chi connectivity index (χ3n) is 2.85. The number of ether oxygens (including phenoxy) is 1. The van der Waals surface area contributed by atoms with Crippen molar-refractivity contribution in [1.82, 2.24) is 0 Å². The molecule has 1 aromatic carbocycles. The number of alkyl halides is 1.